The Morgan fingerprint density at radius 3 is 2.73 bits per heavy atom. The number of likely N-dealkylation sites (N-methyl/N-ethyl adjacent to an activating group) is 1. The lowest BCUT2D eigenvalue weighted by atomic mass is 9.94. The third kappa shape index (κ3) is 5.22. The Bertz CT molecular complexity index is 1890. The predicted molar refractivity (Wildman–Crippen MR) is 172 cm³/mol. The molecule has 8 nitrogen and oxygen atoms in total. The van der Waals surface area contributed by atoms with E-state index in [9.17, 15) is 5.11 Å². The number of hydrogen-bond donors (Lipinski definition) is 2. The number of phenolic OH excluding ortho intramolecular Hbond substituents is 1. The van der Waals surface area contributed by atoms with Crippen LogP contribution in [0.3, 0.4) is 0 Å². The zero-order chi connectivity index (χ0) is 31.5. The van der Waals surface area contributed by atoms with Gasteiger partial charge in [-0.15, -0.1) is 0 Å². The molecule has 2 aromatic carbocycles. The molecule has 0 radical (unpaired) electrons. The zero-order valence-electron chi connectivity index (χ0n) is 26.2. The van der Waals surface area contributed by atoms with Crippen LogP contribution >= 0.6 is 0 Å². The van der Waals surface area contributed by atoms with Crippen molar-refractivity contribution < 1.29 is 18.6 Å². The molecule has 2 N–H and O–H groups in total. The van der Waals surface area contributed by atoms with Crippen molar-refractivity contribution in [1.82, 2.24) is 25.2 Å². The first-order chi connectivity index (χ1) is 21.7. The van der Waals surface area contributed by atoms with E-state index in [0.29, 0.717) is 59.4 Å². The molecule has 3 atom stereocenters. The third-order valence-corrected chi connectivity index (χ3v) is 9.70. The van der Waals surface area contributed by atoms with Crippen molar-refractivity contribution in [2.24, 2.45) is 0 Å². The van der Waals surface area contributed by atoms with E-state index in [-0.39, 0.29) is 46.2 Å². The number of aryl methyl sites for hydroxylation is 1. The molecular formula is C35H38F2N6O2. The molecule has 5 heterocycles. The summed E-state index contributed by atoms with van der Waals surface area (Å²) in [4.78, 5) is 18.8. The fourth-order valence-corrected chi connectivity index (χ4v) is 7.51. The van der Waals surface area contributed by atoms with Crippen molar-refractivity contribution in [3.05, 3.63) is 47.2 Å². The minimum absolute atomic E-state index is 0.0412. The average Bonchev–Trinajstić information content (AvgIpc) is 3.56. The van der Waals surface area contributed by atoms with Gasteiger partial charge in [-0.25, -0.2) is 13.8 Å². The molecule has 3 fully saturated rings. The summed E-state index contributed by atoms with van der Waals surface area (Å²) in [6.45, 7) is 8.52. The van der Waals surface area contributed by atoms with Gasteiger partial charge in [0, 0.05) is 36.3 Å². The van der Waals surface area contributed by atoms with Gasteiger partial charge in [0.25, 0.3) is 0 Å². The summed E-state index contributed by atoms with van der Waals surface area (Å²) in [5.41, 5.74) is 0.909. The number of phenols is 1. The number of anilines is 1. The van der Waals surface area contributed by atoms with Gasteiger partial charge in [-0.3, -0.25) is 0 Å². The predicted octanol–water partition coefficient (Wildman–Crippen LogP) is 5.57. The number of likely N-dealkylation sites (tertiary alicyclic amines) is 1. The number of fused-ring (bicyclic) bond motifs is 4. The van der Waals surface area contributed by atoms with E-state index in [1.165, 1.54) is 12.1 Å². The van der Waals surface area contributed by atoms with E-state index in [2.05, 4.69) is 45.9 Å². The minimum Gasteiger partial charge on any atom is -0.508 e. The molecule has 0 aliphatic carbocycles. The van der Waals surface area contributed by atoms with Crippen LogP contribution in [-0.4, -0.2) is 75.9 Å². The number of hydrogen-bond acceptors (Lipinski definition) is 8. The first-order valence-corrected chi connectivity index (χ1v) is 15.8. The van der Waals surface area contributed by atoms with Crippen molar-refractivity contribution in [1.29, 1.82) is 0 Å². The maximum Gasteiger partial charge on any atom is 0.319 e. The molecule has 3 aliphatic heterocycles. The standard InChI is InChI=1S/C35H38F2N6O2/c1-5-8-27-29-32(30(37)31(38-27)25-16-23(44)15-20-10-11-26(36)24(6-2)28(20)25)39-34(45-18-22-9-7-14-42(22)4)40-33(29)43-17-21-12-13-35(3,19-43)41-21/h10-11,15-16,21-22,41,44H,6-7,9,12-14,17-19H2,1-4H3/t21-,22-,35+/m0/s1. The van der Waals surface area contributed by atoms with Crippen LogP contribution in [0.2, 0.25) is 0 Å². The van der Waals surface area contributed by atoms with E-state index in [1.54, 1.807) is 19.1 Å². The summed E-state index contributed by atoms with van der Waals surface area (Å²) >= 11 is 0. The number of rotatable bonds is 6. The molecule has 7 rings (SSSR count). The number of piperazine rings is 1. The molecule has 10 heteroatoms. The van der Waals surface area contributed by atoms with Gasteiger partial charge in [-0.1, -0.05) is 18.9 Å². The Balaban J connectivity index is 1.48. The quantitative estimate of drug-likeness (QED) is 0.274. The monoisotopic (exact) mass is 612 g/mol. The molecule has 0 amide bonds. The lowest BCUT2D eigenvalue weighted by Gasteiger charge is -2.40. The highest BCUT2D eigenvalue weighted by Crippen LogP contribution is 2.41. The second-order valence-electron chi connectivity index (χ2n) is 12.9. The van der Waals surface area contributed by atoms with Crippen LogP contribution in [-0.2, 0) is 6.42 Å². The lowest BCUT2D eigenvalue weighted by Crippen LogP contribution is -2.58. The van der Waals surface area contributed by atoms with E-state index in [1.807, 2.05) is 6.92 Å². The molecule has 3 aliphatic rings. The van der Waals surface area contributed by atoms with Crippen LogP contribution in [0.1, 0.15) is 57.7 Å². The third-order valence-electron chi connectivity index (χ3n) is 9.70. The summed E-state index contributed by atoms with van der Waals surface area (Å²) in [5.74, 6) is 5.40. The summed E-state index contributed by atoms with van der Waals surface area (Å²) in [7, 11) is 2.07. The van der Waals surface area contributed by atoms with Crippen LogP contribution in [0.4, 0.5) is 14.6 Å². The maximum atomic E-state index is 17.1. The molecule has 2 aromatic heterocycles. The molecule has 0 saturated carbocycles. The van der Waals surface area contributed by atoms with Crippen LogP contribution in [0.25, 0.3) is 32.9 Å². The zero-order valence-corrected chi connectivity index (χ0v) is 26.2. The van der Waals surface area contributed by atoms with Crippen LogP contribution in [0.15, 0.2) is 24.3 Å². The van der Waals surface area contributed by atoms with Crippen LogP contribution in [0, 0.1) is 23.5 Å². The Hall–Kier alpha value is -4.07. The molecule has 3 saturated heterocycles. The van der Waals surface area contributed by atoms with Gasteiger partial charge in [0.15, 0.2) is 5.82 Å². The number of ether oxygens (including phenoxy) is 1. The van der Waals surface area contributed by atoms with E-state index in [4.69, 9.17) is 14.7 Å². The second-order valence-corrected chi connectivity index (χ2v) is 12.9. The van der Waals surface area contributed by atoms with Crippen molar-refractivity contribution in [2.75, 3.05) is 38.2 Å². The number of benzene rings is 2. The van der Waals surface area contributed by atoms with Crippen molar-refractivity contribution in [3.63, 3.8) is 0 Å². The highest BCUT2D eigenvalue weighted by atomic mass is 19.1. The van der Waals surface area contributed by atoms with Gasteiger partial charge in [-0.2, -0.15) is 9.97 Å². The van der Waals surface area contributed by atoms with Crippen LogP contribution in [0.5, 0.6) is 11.8 Å². The first kappa shape index (κ1) is 29.6. The van der Waals surface area contributed by atoms with Crippen LogP contribution < -0.4 is 15.0 Å². The van der Waals surface area contributed by atoms with Gasteiger partial charge < -0.3 is 25.0 Å². The van der Waals surface area contributed by atoms with Gasteiger partial charge in [0.05, 0.1) is 5.39 Å². The summed E-state index contributed by atoms with van der Waals surface area (Å²) in [6.07, 6.45) is 4.56. The highest BCUT2D eigenvalue weighted by molar-refractivity contribution is 6.03. The topological polar surface area (TPSA) is 86.6 Å². The number of pyridine rings is 1. The van der Waals surface area contributed by atoms with Gasteiger partial charge in [0.1, 0.15) is 40.9 Å². The van der Waals surface area contributed by atoms with Crippen molar-refractivity contribution >= 4 is 27.5 Å². The SMILES string of the molecule is CC#Cc1nc(-c2cc(O)cc3ccc(F)c(CC)c23)c(F)c2nc(OC[C@@H]3CCCN3C)nc(N3C[C@@H]4CC[C@](C)(C3)N4)c12. The summed E-state index contributed by atoms with van der Waals surface area (Å²) < 4.78 is 38.4. The molecule has 0 unspecified atom stereocenters. The average molecular weight is 613 g/mol. The molecule has 2 bridgehead atoms. The first-order valence-electron chi connectivity index (χ1n) is 15.8. The Morgan fingerprint density at radius 2 is 2.00 bits per heavy atom. The molecular weight excluding hydrogens is 574 g/mol. The van der Waals surface area contributed by atoms with Gasteiger partial charge >= 0.3 is 6.01 Å². The number of nitrogens with one attached hydrogen (secondary N) is 1. The Morgan fingerprint density at radius 1 is 1.16 bits per heavy atom. The van der Waals surface area contributed by atoms with Crippen molar-refractivity contribution in [3.8, 4) is 34.9 Å². The second kappa shape index (κ2) is 11.4. The van der Waals surface area contributed by atoms with E-state index < -0.39 is 11.6 Å². The summed E-state index contributed by atoms with van der Waals surface area (Å²) in [5, 5.41) is 15.9. The van der Waals surface area contributed by atoms with Crippen molar-refractivity contribution in [2.45, 2.75) is 70.5 Å². The van der Waals surface area contributed by atoms with Gasteiger partial charge in [-0.05, 0) is 100.0 Å². The summed E-state index contributed by atoms with van der Waals surface area (Å²) in [6, 6.07) is 6.55. The molecule has 0 spiro atoms. The number of aromatic nitrogens is 3. The highest BCUT2D eigenvalue weighted by Gasteiger charge is 2.42. The number of nitrogens with zero attached hydrogens (tertiary/aromatic N) is 5. The fourth-order valence-electron chi connectivity index (χ4n) is 7.51. The largest absolute Gasteiger partial charge is 0.508 e. The Kier molecular flexibility index (Phi) is 7.49. The Labute approximate surface area is 261 Å². The molecule has 45 heavy (non-hydrogen) atoms. The van der Waals surface area contributed by atoms with E-state index >= 15 is 8.78 Å². The van der Waals surface area contributed by atoms with E-state index in [0.717, 1.165) is 32.2 Å². The minimum atomic E-state index is -0.694. The van der Waals surface area contributed by atoms with Gasteiger partial charge in [0.2, 0.25) is 0 Å². The number of halogens is 2. The normalized spacial score (nSPS) is 23.1. The molecule has 4 aromatic rings. The number of aromatic hydroxyl groups is 1. The maximum absolute atomic E-state index is 17.1. The fraction of sp³-hybridized carbons (Fsp3) is 0.457. The molecule has 234 valence electrons. The lowest BCUT2D eigenvalue weighted by molar-refractivity contribution is 0.188. The smallest absolute Gasteiger partial charge is 0.319 e.